The predicted molar refractivity (Wildman–Crippen MR) is 135 cm³/mol. The van der Waals surface area contributed by atoms with E-state index in [1.165, 1.54) is 12.1 Å². The SMILES string of the molecule is COc1ncccc1Nc1cc2nc3c(n(-c4ccc(C(F)(F)F)cc4)c-2c/c1=N\C1CC1)=CCCC=3. The number of hydrogen-bond acceptors (Lipinski definition) is 5. The summed E-state index contributed by atoms with van der Waals surface area (Å²) in [6, 6.07) is 13.1. The van der Waals surface area contributed by atoms with Crippen molar-refractivity contribution in [2.45, 2.75) is 37.9 Å². The summed E-state index contributed by atoms with van der Waals surface area (Å²) in [7, 11) is 1.57. The highest BCUT2D eigenvalue weighted by molar-refractivity contribution is 5.72. The quantitative estimate of drug-likeness (QED) is 0.434. The van der Waals surface area contributed by atoms with E-state index in [4.69, 9.17) is 14.7 Å². The first-order chi connectivity index (χ1) is 17.9. The molecule has 0 radical (unpaired) electrons. The summed E-state index contributed by atoms with van der Waals surface area (Å²) in [6.45, 7) is 0. The molecule has 1 aromatic carbocycles. The number of halogens is 3. The molecule has 37 heavy (non-hydrogen) atoms. The van der Waals surface area contributed by atoms with Gasteiger partial charge in [-0.2, -0.15) is 13.2 Å². The molecule has 2 aromatic rings. The number of hydrogen-bond donors (Lipinski definition) is 1. The molecule has 0 bridgehead atoms. The van der Waals surface area contributed by atoms with Gasteiger partial charge in [0, 0.05) is 11.9 Å². The van der Waals surface area contributed by atoms with Crippen molar-refractivity contribution < 1.29 is 17.9 Å². The Morgan fingerprint density at radius 1 is 1.03 bits per heavy atom. The van der Waals surface area contributed by atoms with Crippen molar-refractivity contribution in [3.63, 3.8) is 0 Å². The van der Waals surface area contributed by atoms with Crippen molar-refractivity contribution in [2.75, 3.05) is 12.4 Å². The molecule has 1 aromatic heterocycles. The minimum Gasteiger partial charge on any atom is -0.480 e. The molecule has 9 heteroatoms. The molecule has 188 valence electrons. The van der Waals surface area contributed by atoms with Crippen molar-refractivity contribution in [2.24, 2.45) is 4.99 Å². The van der Waals surface area contributed by atoms with Crippen molar-refractivity contribution in [1.29, 1.82) is 0 Å². The van der Waals surface area contributed by atoms with E-state index in [1.807, 2.05) is 28.8 Å². The average Bonchev–Trinajstić information content (AvgIpc) is 3.72. The summed E-state index contributed by atoms with van der Waals surface area (Å²) < 4.78 is 47.1. The number of anilines is 2. The second-order valence-corrected chi connectivity index (χ2v) is 9.15. The number of nitrogens with zero attached hydrogens (tertiary/aromatic N) is 4. The molecule has 1 aliphatic heterocycles. The Kier molecular flexibility index (Phi) is 5.70. The fourth-order valence-corrected chi connectivity index (χ4v) is 4.53. The molecule has 1 fully saturated rings. The molecule has 0 spiro atoms. The highest BCUT2D eigenvalue weighted by Crippen LogP contribution is 2.31. The van der Waals surface area contributed by atoms with Gasteiger partial charge in [-0.15, -0.1) is 0 Å². The second kappa shape index (κ2) is 9.06. The van der Waals surface area contributed by atoms with Gasteiger partial charge in [-0.1, -0.05) is 12.2 Å². The first-order valence-electron chi connectivity index (χ1n) is 12.2. The van der Waals surface area contributed by atoms with Crippen LogP contribution in [0.5, 0.6) is 5.88 Å². The Bertz CT molecular complexity index is 1640. The number of nitrogens with one attached hydrogen (secondary N) is 1. The van der Waals surface area contributed by atoms with Crippen LogP contribution in [0.1, 0.15) is 31.2 Å². The zero-order chi connectivity index (χ0) is 25.6. The summed E-state index contributed by atoms with van der Waals surface area (Å²) in [5.41, 5.74) is 2.89. The van der Waals surface area contributed by atoms with Gasteiger partial charge < -0.3 is 14.6 Å². The summed E-state index contributed by atoms with van der Waals surface area (Å²) in [6.07, 6.45) is 5.15. The highest BCUT2D eigenvalue weighted by Gasteiger charge is 2.30. The molecule has 0 saturated heterocycles. The van der Waals surface area contributed by atoms with Crippen LogP contribution in [0.3, 0.4) is 0 Å². The van der Waals surface area contributed by atoms with Gasteiger partial charge in [-0.25, -0.2) is 9.97 Å². The minimum absolute atomic E-state index is 0.249. The summed E-state index contributed by atoms with van der Waals surface area (Å²) in [5, 5.41) is 5.83. The minimum atomic E-state index is -4.40. The molecule has 6 rings (SSSR count). The fraction of sp³-hybridized carbons (Fsp3) is 0.250. The lowest BCUT2D eigenvalue weighted by Crippen LogP contribution is -2.40. The molecular weight excluding hydrogens is 479 g/mol. The average molecular weight is 504 g/mol. The maximum Gasteiger partial charge on any atom is 0.416 e. The molecular formula is C28H24F3N5O. The molecule has 2 heterocycles. The van der Waals surface area contributed by atoms with E-state index in [-0.39, 0.29) is 6.04 Å². The van der Waals surface area contributed by atoms with Crippen LogP contribution in [-0.4, -0.2) is 27.7 Å². The van der Waals surface area contributed by atoms with Crippen LogP contribution in [0.4, 0.5) is 24.5 Å². The van der Waals surface area contributed by atoms with Crippen molar-refractivity contribution in [1.82, 2.24) is 14.5 Å². The number of ether oxygens (including phenoxy) is 1. The number of methoxy groups -OCH3 is 1. The van der Waals surface area contributed by atoms with Gasteiger partial charge in [-0.05, 0) is 74.2 Å². The third kappa shape index (κ3) is 4.57. The second-order valence-electron chi connectivity index (χ2n) is 9.15. The monoisotopic (exact) mass is 503 g/mol. The first kappa shape index (κ1) is 23.3. The molecule has 1 saturated carbocycles. The Labute approximate surface area is 210 Å². The lowest BCUT2D eigenvalue weighted by molar-refractivity contribution is -0.137. The van der Waals surface area contributed by atoms with Gasteiger partial charge in [-0.3, -0.25) is 4.99 Å². The van der Waals surface area contributed by atoms with Gasteiger partial charge in [0.1, 0.15) is 5.69 Å². The molecule has 0 unspecified atom stereocenters. The van der Waals surface area contributed by atoms with Crippen LogP contribution in [0, 0.1) is 0 Å². The smallest absolute Gasteiger partial charge is 0.416 e. The van der Waals surface area contributed by atoms with Crippen LogP contribution < -0.4 is 26.1 Å². The highest BCUT2D eigenvalue weighted by atomic mass is 19.4. The fourth-order valence-electron chi connectivity index (χ4n) is 4.53. The Morgan fingerprint density at radius 2 is 1.81 bits per heavy atom. The zero-order valence-corrected chi connectivity index (χ0v) is 20.1. The molecule has 3 aliphatic carbocycles. The normalized spacial score (nSPS) is 15.6. The van der Waals surface area contributed by atoms with E-state index < -0.39 is 11.7 Å². The van der Waals surface area contributed by atoms with E-state index >= 15 is 0 Å². The molecule has 6 nitrogen and oxygen atoms in total. The van der Waals surface area contributed by atoms with Crippen molar-refractivity contribution in [3.05, 3.63) is 76.3 Å². The van der Waals surface area contributed by atoms with Crippen LogP contribution in [-0.2, 0) is 6.18 Å². The number of rotatable bonds is 5. The molecule has 0 amide bonds. The maximum absolute atomic E-state index is 13.2. The van der Waals surface area contributed by atoms with Crippen LogP contribution >= 0.6 is 0 Å². The summed E-state index contributed by atoms with van der Waals surface area (Å²) in [4.78, 5) is 14.1. The summed E-state index contributed by atoms with van der Waals surface area (Å²) in [5.74, 6) is 0.459. The topological polar surface area (TPSA) is 64.3 Å². The number of pyridine rings is 1. The van der Waals surface area contributed by atoms with E-state index in [2.05, 4.69) is 22.5 Å². The predicted octanol–water partition coefficient (Wildman–Crippen LogP) is 4.56. The third-order valence-electron chi connectivity index (χ3n) is 6.48. The zero-order valence-electron chi connectivity index (χ0n) is 20.1. The number of fused-ring (bicyclic) bond motifs is 2. The largest absolute Gasteiger partial charge is 0.480 e. The van der Waals surface area contributed by atoms with Gasteiger partial charge >= 0.3 is 6.18 Å². The van der Waals surface area contributed by atoms with Gasteiger partial charge in [0.15, 0.2) is 0 Å². The Balaban J connectivity index is 1.59. The van der Waals surface area contributed by atoms with Crippen LogP contribution in [0.2, 0.25) is 0 Å². The van der Waals surface area contributed by atoms with E-state index in [1.54, 1.807) is 13.3 Å². The van der Waals surface area contributed by atoms with E-state index in [9.17, 15) is 13.2 Å². The Hall–Kier alpha value is -4.14. The molecule has 0 atom stereocenters. The Morgan fingerprint density at radius 3 is 2.54 bits per heavy atom. The number of alkyl halides is 3. The van der Waals surface area contributed by atoms with Crippen LogP contribution in [0.25, 0.3) is 29.2 Å². The van der Waals surface area contributed by atoms with Crippen LogP contribution in [0.15, 0.2) is 59.7 Å². The molecule has 1 N–H and O–H groups in total. The lowest BCUT2D eigenvalue weighted by atomic mass is 10.1. The van der Waals surface area contributed by atoms with E-state index in [0.29, 0.717) is 22.9 Å². The third-order valence-corrected chi connectivity index (χ3v) is 6.48. The van der Waals surface area contributed by atoms with E-state index in [0.717, 1.165) is 65.3 Å². The van der Waals surface area contributed by atoms with Gasteiger partial charge in [0.25, 0.3) is 0 Å². The van der Waals surface area contributed by atoms with Crippen molar-refractivity contribution in [3.8, 4) is 23.0 Å². The maximum atomic E-state index is 13.2. The number of aromatic nitrogens is 3. The van der Waals surface area contributed by atoms with Gasteiger partial charge in [0.2, 0.25) is 5.88 Å². The first-order valence-corrected chi connectivity index (χ1v) is 12.2. The van der Waals surface area contributed by atoms with Crippen molar-refractivity contribution >= 4 is 23.5 Å². The lowest BCUT2D eigenvalue weighted by Gasteiger charge is -2.20. The standard InChI is InChI=1S/C28H24F3N5O/c1-37-27-21(6-4-14-32-27)35-22-15-24-26(16-23(22)33-18-10-11-18)36(25-7-3-2-5-20(25)34-24)19-12-8-17(9-13-19)28(29,30)31/h4-9,12-16,18,35H,2-3,10-11H2,1H3/b33-23+. The molecule has 4 aliphatic rings. The summed E-state index contributed by atoms with van der Waals surface area (Å²) >= 11 is 0. The number of benzene rings is 2. The van der Waals surface area contributed by atoms with Gasteiger partial charge in [0.05, 0.1) is 51.8 Å².